The maximum absolute atomic E-state index is 12.2. The van der Waals surface area contributed by atoms with Crippen molar-refractivity contribution in [2.24, 2.45) is 0 Å². The number of carbonyl (C=O) groups excluding carboxylic acids is 2. The highest BCUT2D eigenvalue weighted by Crippen LogP contribution is 2.47. The molecule has 0 aliphatic carbocycles. The Labute approximate surface area is 198 Å². The van der Waals surface area contributed by atoms with Gasteiger partial charge in [-0.15, -0.1) is 0 Å². The first-order chi connectivity index (χ1) is 16.7. The number of nitrogen functional groups attached to an aromatic ring is 1. The van der Waals surface area contributed by atoms with E-state index in [1.54, 1.807) is 4.57 Å². The molecule has 3 aliphatic heterocycles. The molecule has 15 heteroatoms. The van der Waals surface area contributed by atoms with E-state index in [-0.39, 0.29) is 12.2 Å². The van der Waals surface area contributed by atoms with Crippen LogP contribution in [0.5, 0.6) is 0 Å². The average Bonchev–Trinajstić information content (AvgIpc) is 3.40. The minimum atomic E-state index is -2.31. The van der Waals surface area contributed by atoms with E-state index in [0.29, 0.717) is 11.2 Å². The third-order valence-corrected chi connectivity index (χ3v) is 6.52. The summed E-state index contributed by atoms with van der Waals surface area (Å²) in [6.45, 7) is 1.10. The molecule has 0 bridgehead atoms. The lowest BCUT2D eigenvalue weighted by Crippen LogP contribution is -2.73. The van der Waals surface area contributed by atoms with Gasteiger partial charge < -0.3 is 44.4 Å². The van der Waals surface area contributed by atoms with Crippen LogP contribution in [-0.2, 0) is 38.0 Å². The summed E-state index contributed by atoms with van der Waals surface area (Å²) in [6, 6.07) is 0. The summed E-state index contributed by atoms with van der Waals surface area (Å²) in [5, 5.41) is 22.3. The largest absolute Gasteiger partial charge is 0.467 e. The summed E-state index contributed by atoms with van der Waals surface area (Å²) < 4.78 is 35.1. The highest BCUT2D eigenvalue weighted by atomic mass is 16.7. The molecule has 2 aromatic rings. The molecule has 5 heterocycles. The van der Waals surface area contributed by atoms with Crippen molar-refractivity contribution in [3.8, 4) is 0 Å². The zero-order valence-electron chi connectivity index (χ0n) is 19.0. The zero-order chi connectivity index (χ0) is 25.1. The Balaban J connectivity index is 1.50. The van der Waals surface area contributed by atoms with E-state index in [1.165, 1.54) is 19.8 Å². The van der Waals surface area contributed by atoms with Crippen LogP contribution in [0.4, 0.5) is 5.82 Å². The molecule has 5 rings (SSSR count). The lowest BCUT2D eigenvalue weighted by Gasteiger charge is -2.52. The minimum absolute atomic E-state index is 0.0132. The number of esters is 2. The second-order valence-electron chi connectivity index (χ2n) is 8.51. The summed E-state index contributed by atoms with van der Waals surface area (Å²) in [5.74, 6) is -3.82. The van der Waals surface area contributed by atoms with Crippen LogP contribution >= 0.6 is 0 Å². The van der Waals surface area contributed by atoms with Crippen molar-refractivity contribution in [2.75, 3.05) is 20.0 Å². The van der Waals surface area contributed by atoms with Crippen molar-refractivity contribution in [1.82, 2.24) is 19.5 Å². The predicted molar refractivity (Wildman–Crippen MR) is 111 cm³/mol. The van der Waals surface area contributed by atoms with Gasteiger partial charge in [0.25, 0.3) is 0 Å². The Kier molecular flexibility index (Phi) is 5.85. The lowest BCUT2D eigenvalue weighted by molar-refractivity contribution is -0.397. The molecule has 2 aromatic heterocycles. The van der Waals surface area contributed by atoms with Gasteiger partial charge >= 0.3 is 11.9 Å². The van der Waals surface area contributed by atoms with Gasteiger partial charge in [0.05, 0.1) is 19.5 Å². The van der Waals surface area contributed by atoms with Gasteiger partial charge in [0.2, 0.25) is 5.79 Å². The van der Waals surface area contributed by atoms with Crippen molar-refractivity contribution in [3.05, 3.63) is 12.7 Å². The molecule has 190 valence electrons. The van der Waals surface area contributed by atoms with Crippen LogP contribution in [0.15, 0.2) is 12.7 Å². The molecule has 4 unspecified atom stereocenters. The fraction of sp³-hybridized carbons (Fsp3) is 0.650. The number of carbonyl (C=O) groups is 2. The van der Waals surface area contributed by atoms with Crippen LogP contribution in [0.2, 0.25) is 0 Å². The van der Waals surface area contributed by atoms with Crippen LogP contribution in [0.3, 0.4) is 0 Å². The van der Waals surface area contributed by atoms with Crippen LogP contribution in [0.25, 0.3) is 11.2 Å². The normalized spacial score (nSPS) is 38.5. The highest BCUT2D eigenvalue weighted by molar-refractivity contribution is 5.81. The third-order valence-electron chi connectivity index (χ3n) is 6.52. The number of aromatic nitrogens is 4. The van der Waals surface area contributed by atoms with Crippen LogP contribution < -0.4 is 5.73 Å². The Morgan fingerprint density at radius 1 is 1.26 bits per heavy atom. The molecule has 35 heavy (non-hydrogen) atoms. The molecule has 0 amide bonds. The van der Waals surface area contributed by atoms with Crippen LogP contribution in [0, 0.1) is 0 Å². The molecule has 9 atom stereocenters. The number of aliphatic hydroxyl groups is 2. The SMILES string of the molecule is COC(=O)[C@@H]1OC2CC3OC(n4cnc5c(N)ncnc54)[C@@H](OC)C3O[C@]2(O)[C@H](OC(C)=O)[C@H]1O. The topological polar surface area (TPSA) is 200 Å². The van der Waals surface area contributed by atoms with Gasteiger partial charge in [0, 0.05) is 20.5 Å². The Morgan fingerprint density at radius 2 is 2.03 bits per heavy atom. The van der Waals surface area contributed by atoms with E-state index in [1.807, 2.05) is 0 Å². The number of methoxy groups -OCH3 is 2. The Morgan fingerprint density at radius 3 is 2.71 bits per heavy atom. The first-order valence-corrected chi connectivity index (χ1v) is 10.8. The number of nitrogens with two attached hydrogens (primary N) is 1. The van der Waals surface area contributed by atoms with Crippen molar-refractivity contribution >= 4 is 28.9 Å². The molecule has 4 N–H and O–H groups in total. The van der Waals surface area contributed by atoms with E-state index in [4.69, 9.17) is 34.2 Å². The molecular formula is C20H25N5O10. The number of ether oxygens (including phenoxy) is 6. The predicted octanol–water partition coefficient (Wildman–Crippen LogP) is -1.97. The Hall–Kier alpha value is -2.95. The highest BCUT2D eigenvalue weighted by Gasteiger charge is 2.67. The summed E-state index contributed by atoms with van der Waals surface area (Å²) in [4.78, 5) is 36.4. The quantitative estimate of drug-likeness (QED) is 0.394. The van der Waals surface area contributed by atoms with Gasteiger partial charge in [-0.25, -0.2) is 19.7 Å². The minimum Gasteiger partial charge on any atom is -0.467 e. The van der Waals surface area contributed by atoms with Gasteiger partial charge in [0.1, 0.15) is 36.3 Å². The molecular weight excluding hydrogens is 470 g/mol. The molecule has 0 radical (unpaired) electrons. The molecule has 3 saturated heterocycles. The van der Waals surface area contributed by atoms with Crippen molar-refractivity contribution in [3.63, 3.8) is 0 Å². The van der Waals surface area contributed by atoms with E-state index in [2.05, 4.69) is 15.0 Å². The van der Waals surface area contributed by atoms with Gasteiger partial charge in [-0.3, -0.25) is 9.36 Å². The zero-order valence-corrected chi connectivity index (χ0v) is 19.0. The van der Waals surface area contributed by atoms with E-state index < -0.39 is 66.7 Å². The van der Waals surface area contributed by atoms with E-state index in [9.17, 15) is 19.8 Å². The van der Waals surface area contributed by atoms with Gasteiger partial charge in [-0.2, -0.15) is 0 Å². The molecule has 0 spiro atoms. The maximum atomic E-state index is 12.2. The summed E-state index contributed by atoms with van der Waals surface area (Å²) >= 11 is 0. The standard InChI is InChI=1S/C20H25N5O10/c1-7(26)32-15-11(27)13(19(28)31-3)34-9-4-8-12(35-20(9,15)29)14(30-2)18(33-8)25-6-24-10-16(21)22-5-23-17(10)25/h5-6,8-9,11-15,18,27,29H,4H2,1-3H3,(H2,21,22,23)/t8?,9?,11-,12?,13+,14-,15+,18?,20-/m0/s1. The first-order valence-electron chi connectivity index (χ1n) is 10.8. The number of nitrogens with zero attached hydrogens (tertiary/aromatic N) is 4. The van der Waals surface area contributed by atoms with Gasteiger partial charge in [0.15, 0.2) is 29.9 Å². The maximum Gasteiger partial charge on any atom is 0.337 e. The number of fused-ring (bicyclic) bond motifs is 3. The Bertz CT molecular complexity index is 1140. The number of hydrogen-bond donors (Lipinski definition) is 3. The smallest absolute Gasteiger partial charge is 0.337 e. The first kappa shape index (κ1) is 23.8. The molecule has 0 saturated carbocycles. The molecule has 0 aromatic carbocycles. The van der Waals surface area contributed by atoms with Gasteiger partial charge in [-0.05, 0) is 0 Å². The lowest BCUT2D eigenvalue weighted by atomic mass is 9.84. The van der Waals surface area contributed by atoms with Crippen molar-refractivity contribution in [1.29, 1.82) is 0 Å². The molecule has 3 fully saturated rings. The van der Waals surface area contributed by atoms with Crippen LogP contribution in [0.1, 0.15) is 19.6 Å². The van der Waals surface area contributed by atoms with Gasteiger partial charge in [-0.1, -0.05) is 0 Å². The fourth-order valence-electron chi connectivity index (χ4n) is 4.95. The van der Waals surface area contributed by atoms with Crippen molar-refractivity contribution in [2.45, 2.75) is 68.1 Å². The molecule has 15 nitrogen and oxygen atoms in total. The van der Waals surface area contributed by atoms with Crippen molar-refractivity contribution < 1.29 is 48.2 Å². The summed E-state index contributed by atoms with van der Waals surface area (Å²) in [7, 11) is 2.56. The number of imidazole rings is 1. The number of hydrogen-bond acceptors (Lipinski definition) is 14. The summed E-state index contributed by atoms with van der Waals surface area (Å²) in [5.41, 5.74) is 6.66. The number of anilines is 1. The monoisotopic (exact) mass is 495 g/mol. The summed E-state index contributed by atoms with van der Waals surface area (Å²) in [6.07, 6.45) is -6.53. The second kappa shape index (κ2) is 8.61. The average molecular weight is 495 g/mol. The molecule has 3 aliphatic rings. The van der Waals surface area contributed by atoms with E-state index in [0.717, 1.165) is 14.0 Å². The van der Waals surface area contributed by atoms with E-state index >= 15 is 0 Å². The third kappa shape index (κ3) is 3.62. The number of aliphatic hydroxyl groups excluding tert-OH is 1. The van der Waals surface area contributed by atoms with Crippen LogP contribution in [-0.4, -0.2) is 104 Å². The fourth-order valence-corrected chi connectivity index (χ4v) is 4.95. The number of rotatable bonds is 4. The second-order valence-corrected chi connectivity index (χ2v) is 8.51.